The van der Waals surface area contributed by atoms with Gasteiger partial charge in [-0.3, -0.25) is 0 Å². The molecule has 1 N–H and O–H groups in total. The summed E-state index contributed by atoms with van der Waals surface area (Å²) >= 11 is 0. The highest BCUT2D eigenvalue weighted by Gasteiger charge is 2.32. The van der Waals surface area contributed by atoms with Crippen LogP contribution in [0.5, 0.6) is 5.75 Å². The van der Waals surface area contributed by atoms with E-state index < -0.39 is 0 Å². The predicted octanol–water partition coefficient (Wildman–Crippen LogP) is 3.68. The van der Waals surface area contributed by atoms with Crippen molar-refractivity contribution in [1.82, 2.24) is 0 Å². The van der Waals surface area contributed by atoms with Gasteiger partial charge in [-0.2, -0.15) is 0 Å². The molecule has 1 heterocycles. The zero-order chi connectivity index (χ0) is 14.2. The van der Waals surface area contributed by atoms with Crippen LogP contribution in [0.2, 0.25) is 0 Å². The van der Waals surface area contributed by atoms with Crippen molar-refractivity contribution in [2.24, 2.45) is 5.92 Å². The third-order valence-corrected chi connectivity index (χ3v) is 4.88. The zero-order valence-corrected chi connectivity index (χ0v) is 12.0. The summed E-state index contributed by atoms with van der Waals surface area (Å²) in [5, 5.41) is 10.6. The second-order valence-electron chi connectivity index (χ2n) is 6.23. The number of hydrogen-bond donors (Lipinski definition) is 1. The number of fused-ring (bicyclic) bond motifs is 2. The Bertz CT molecular complexity index is 625. The van der Waals surface area contributed by atoms with Gasteiger partial charge in [-0.25, -0.2) is 0 Å². The van der Waals surface area contributed by atoms with Gasteiger partial charge in [0.15, 0.2) is 0 Å². The third-order valence-electron chi connectivity index (χ3n) is 4.88. The van der Waals surface area contributed by atoms with Crippen LogP contribution < -0.4 is 4.74 Å². The average Bonchev–Trinajstić information content (AvgIpc) is 2.93. The Hall–Kier alpha value is -1.80. The molecule has 0 saturated carbocycles. The van der Waals surface area contributed by atoms with E-state index in [0.29, 0.717) is 5.92 Å². The van der Waals surface area contributed by atoms with Gasteiger partial charge in [0.05, 0.1) is 6.10 Å². The molecular weight excluding hydrogens is 260 g/mol. The summed E-state index contributed by atoms with van der Waals surface area (Å²) in [7, 11) is 0. The quantitative estimate of drug-likeness (QED) is 0.909. The molecule has 2 aromatic rings. The van der Waals surface area contributed by atoms with E-state index in [0.717, 1.165) is 37.0 Å². The van der Waals surface area contributed by atoms with Crippen LogP contribution in [0, 0.1) is 5.92 Å². The monoisotopic (exact) mass is 280 g/mol. The number of benzene rings is 2. The standard InChI is InChI=1S/C19H20O2/c20-19-15(10-9-13-5-1-3-7-17(13)19)12-16-11-14-6-2-4-8-18(14)21-16/h1-8,15-16,19-20H,9-12H2. The lowest BCUT2D eigenvalue weighted by atomic mass is 9.78. The van der Waals surface area contributed by atoms with Crippen LogP contribution in [0.3, 0.4) is 0 Å². The van der Waals surface area contributed by atoms with Crippen LogP contribution >= 0.6 is 0 Å². The molecule has 2 heteroatoms. The van der Waals surface area contributed by atoms with Crippen LogP contribution in [0.15, 0.2) is 48.5 Å². The number of aliphatic hydroxyl groups excluding tert-OH is 1. The third kappa shape index (κ3) is 2.34. The van der Waals surface area contributed by atoms with E-state index in [2.05, 4.69) is 30.3 Å². The van der Waals surface area contributed by atoms with E-state index in [-0.39, 0.29) is 12.2 Å². The second-order valence-corrected chi connectivity index (χ2v) is 6.23. The predicted molar refractivity (Wildman–Crippen MR) is 82.4 cm³/mol. The Balaban J connectivity index is 1.48. The van der Waals surface area contributed by atoms with Gasteiger partial charge in [0.25, 0.3) is 0 Å². The molecule has 1 aliphatic carbocycles. The fourth-order valence-electron chi connectivity index (χ4n) is 3.77. The fourth-order valence-corrected chi connectivity index (χ4v) is 3.77. The minimum Gasteiger partial charge on any atom is -0.490 e. The molecule has 0 fully saturated rings. The number of aryl methyl sites for hydroxylation is 1. The molecule has 1 aliphatic heterocycles. The smallest absolute Gasteiger partial charge is 0.123 e. The first kappa shape index (κ1) is 12.9. The molecular formula is C19H20O2. The van der Waals surface area contributed by atoms with Crippen molar-refractivity contribution in [3.63, 3.8) is 0 Å². The van der Waals surface area contributed by atoms with Crippen molar-refractivity contribution in [2.45, 2.75) is 37.9 Å². The number of hydrogen-bond acceptors (Lipinski definition) is 2. The Morgan fingerprint density at radius 1 is 1.00 bits per heavy atom. The highest BCUT2D eigenvalue weighted by Crippen LogP contribution is 2.39. The van der Waals surface area contributed by atoms with Crippen molar-refractivity contribution in [3.05, 3.63) is 65.2 Å². The molecule has 2 nitrogen and oxygen atoms in total. The van der Waals surface area contributed by atoms with Gasteiger partial charge in [0, 0.05) is 6.42 Å². The SMILES string of the molecule is OC1c2ccccc2CCC1CC1Cc2ccccc2O1. The van der Waals surface area contributed by atoms with Crippen LogP contribution in [0.1, 0.15) is 35.6 Å². The topological polar surface area (TPSA) is 29.5 Å². The van der Waals surface area contributed by atoms with Crippen molar-refractivity contribution >= 4 is 0 Å². The van der Waals surface area contributed by atoms with Crippen molar-refractivity contribution in [1.29, 1.82) is 0 Å². The molecule has 0 saturated heterocycles. The molecule has 108 valence electrons. The summed E-state index contributed by atoms with van der Waals surface area (Å²) < 4.78 is 6.03. The first-order chi connectivity index (χ1) is 10.3. The molecule has 2 aromatic carbocycles. The highest BCUT2D eigenvalue weighted by molar-refractivity contribution is 5.37. The molecule has 21 heavy (non-hydrogen) atoms. The molecule has 0 aromatic heterocycles. The lowest BCUT2D eigenvalue weighted by molar-refractivity contribution is 0.0628. The van der Waals surface area contributed by atoms with Gasteiger partial charge in [-0.05, 0) is 47.9 Å². The van der Waals surface area contributed by atoms with Crippen LogP contribution in [0.25, 0.3) is 0 Å². The Kier molecular flexibility index (Phi) is 3.19. The summed E-state index contributed by atoms with van der Waals surface area (Å²) in [4.78, 5) is 0. The van der Waals surface area contributed by atoms with E-state index in [9.17, 15) is 5.11 Å². The lowest BCUT2D eigenvalue weighted by Crippen LogP contribution is -2.26. The Morgan fingerprint density at radius 2 is 1.76 bits per heavy atom. The van der Waals surface area contributed by atoms with Gasteiger partial charge >= 0.3 is 0 Å². The van der Waals surface area contributed by atoms with Crippen molar-refractivity contribution in [2.75, 3.05) is 0 Å². The average molecular weight is 280 g/mol. The van der Waals surface area contributed by atoms with E-state index in [4.69, 9.17) is 4.74 Å². The molecule has 3 unspecified atom stereocenters. The van der Waals surface area contributed by atoms with Gasteiger partial charge < -0.3 is 9.84 Å². The molecule has 0 amide bonds. The summed E-state index contributed by atoms with van der Waals surface area (Å²) in [6, 6.07) is 16.6. The summed E-state index contributed by atoms with van der Waals surface area (Å²) in [6.07, 6.45) is 3.89. The zero-order valence-electron chi connectivity index (χ0n) is 12.0. The van der Waals surface area contributed by atoms with Crippen LogP contribution in [-0.2, 0) is 12.8 Å². The first-order valence-electron chi connectivity index (χ1n) is 7.81. The summed E-state index contributed by atoms with van der Waals surface area (Å²) in [6.45, 7) is 0. The number of rotatable bonds is 2. The maximum Gasteiger partial charge on any atom is 0.123 e. The largest absolute Gasteiger partial charge is 0.490 e. The summed E-state index contributed by atoms with van der Waals surface area (Å²) in [5.74, 6) is 1.33. The molecule has 3 atom stereocenters. The second kappa shape index (κ2) is 5.19. The highest BCUT2D eigenvalue weighted by atomic mass is 16.5. The molecule has 0 spiro atoms. The lowest BCUT2D eigenvalue weighted by Gasteiger charge is -2.31. The molecule has 2 aliphatic rings. The normalized spacial score (nSPS) is 26.8. The van der Waals surface area contributed by atoms with Crippen molar-refractivity contribution in [3.8, 4) is 5.75 Å². The van der Waals surface area contributed by atoms with E-state index in [1.165, 1.54) is 11.1 Å². The van der Waals surface area contributed by atoms with Gasteiger partial charge in [0.2, 0.25) is 0 Å². The number of aliphatic hydroxyl groups is 1. The Morgan fingerprint density at radius 3 is 2.62 bits per heavy atom. The van der Waals surface area contributed by atoms with Gasteiger partial charge in [-0.1, -0.05) is 42.5 Å². The van der Waals surface area contributed by atoms with E-state index in [1.807, 2.05) is 18.2 Å². The summed E-state index contributed by atoms with van der Waals surface area (Å²) in [5.41, 5.74) is 3.72. The molecule has 4 rings (SSSR count). The van der Waals surface area contributed by atoms with E-state index in [1.54, 1.807) is 0 Å². The molecule has 0 radical (unpaired) electrons. The minimum atomic E-state index is -0.345. The minimum absolute atomic E-state index is 0.215. The number of ether oxygens (including phenoxy) is 1. The Labute approximate surface area is 125 Å². The van der Waals surface area contributed by atoms with Gasteiger partial charge in [-0.15, -0.1) is 0 Å². The van der Waals surface area contributed by atoms with Crippen LogP contribution in [-0.4, -0.2) is 11.2 Å². The maximum absolute atomic E-state index is 10.6. The molecule has 0 bridgehead atoms. The van der Waals surface area contributed by atoms with Gasteiger partial charge in [0.1, 0.15) is 11.9 Å². The number of para-hydroxylation sites is 1. The van der Waals surface area contributed by atoms with Crippen molar-refractivity contribution < 1.29 is 9.84 Å². The fraction of sp³-hybridized carbons (Fsp3) is 0.368. The van der Waals surface area contributed by atoms with Crippen LogP contribution in [0.4, 0.5) is 0 Å². The first-order valence-corrected chi connectivity index (χ1v) is 7.81. The maximum atomic E-state index is 10.6. The van der Waals surface area contributed by atoms with E-state index >= 15 is 0 Å².